The normalized spacial score (nSPS) is 10.2. The molecule has 0 saturated carbocycles. The summed E-state index contributed by atoms with van der Waals surface area (Å²) in [7, 11) is 3.21. The molecule has 0 fully saturated rings. The average molecular weight is 273 g/mol. The number of nitrogens with zero attached hydrogens (tertiary/aromatic N) is 2. The summed E-state index contributed by atoms with van der Waals surface area (Å²) in [6, 6.07) is 4.96. The number of Topliss-reactive ketones (excluding diaryl/α,β-unsaturated/α-hetero) is 1. The first-order valence-corrected chi connectivity index (χ1v) is 6.00. The van der Waals surface area contributed by atoms with Crippen LogP contribution in [0.15, 0.2) is 30.6 Å². The Bertz CT molecular complexity index is 661. The largest absolute Gasteiger partial charge is 0.493 e. The fourth-order valence-electron chi connectivity index (χ4n) is 1.80. The summed E-state index contributed by atoms with van der Waals surface area (Å²) >= 11 is 0. The number of pyridine rings is 1. The van der Waals surface area contributed by atoms with Crippen molar-refractivity contribution < 1.29 is 14.3 Å². The lowest BCUT2D eigenvalue weighted by atomic mass is 10.2. The van der Waals surface area contributed by atoms with Crippen LogP contribution in [0.4, 0.5) is 5.82 Å². The molecule has 2 aromatic heterocycles. The van der Waals surface area contributed by atoms with Gasteiger partial charge in [0.1, 0.15) is 5.69 Å². The zero-order valence-electron chi connectivity index (χ0n) is 11.5. The Hall–Kier alpha value is -2.63. The molecule has 0 aliphatic heterocycles. The molecule has 0 atom stereocenters. The minimum Gasteiger partial charge on any atom is -0.493 e. The maximum atomic E-state index is 12.2. The van der Waals surface area contributed by atoms with Crippen LogP contribution >= 0.6 is 0 Å². The topological polar surface area (TPSA) is 73.2 Å². The fourth-order valence-corrected chi connectivity index (χ4v) is 1.80. The zero-order chi connectivity index (χ0) is 14.7. The van der Waals surface area contributed by atoms with E-state index in [0.29, 0.717) is 22.8 Å². The molecule has 2 aromatic rings. The Morgan fingerprint density at radius 3 is 2.75 bits per heavy atom. The highest BCUT2D eigenvalue weighted by atomic mass is 16.5. The molecule has 0 spiro atoms. The lowest BCUT2D eigenvalue weighted by molar-refractivity contribution is 0.101. The monoisotopic (exact) mass is 273 g/mol. The van der Waals surface area contributed by atoms with Crippen molar-refractivity contribution in [2.75, 3.05) is 12.4 Å². The standard InChI is InChI=1S/C14H15N3O3/c1-9(18)10-7-11(17(2)8-10)14(19)16-13-12(20-3)5-4-6-15-13/h4-8H,1-3H3,(H,15,16,19). The van der Waals surface area contributed by atoms with Crippen molar-refractivity contribution in [1.82, 2.24) is 9.55 Å². The van der Waals surface area contributed by atoms with E-state index < -0.39 is 0 Å². The van der Waals surface area contributed by atoms with E-state index in [0.717, 1.165) is 0 Å². The minimum atomic E-state index is -0.350. The van der Waals surface area contributed by atoms with Crippen LogP contribution < -0.4 is 10.1 Å². The molecular weight excluding hydrogens is 258 g/mol. The van der Waals surface area contributed by atoms with Crippen LogP contribution in [0.1, 0.15) is 27.8 Å². The van der Waals surface area contributed by atoms with Gasteiger partial charge in [-0.2, -0.15) is 0 Å². The molecule has 0 saturated heterocycles. The van der Waals surface area contributed by atoms with E-state index in [1.807, 2.05) is 0 Å². The highest BCUT2D eigenvalue weighted by molar-refractivity contribution is 6.05. The zero-order valence-corrected chi connectivity index (χ0v) is 11.5. The number of anilines is 1. The lowest BCUT2D eigenvalue weighted by Gasteiger charge is -2.08. The molecule has 0 aromatic carbocycles. The molecule has 6 nitrogen and oxygen atoms in total. The van der Waals surface area contributed by atoms with Crippen molar-refractivity contribution in [2.45, 2.75) is 6.92 Å². The Morgan fingerprint density at radius 1 is 1.40 bits per heavy atom. The Kier molecular flexibility index (Phi) is 3.84. The Labute approximate surface area is 116 Å². The molecule has 0 bridgehead atoms. The molecule has 0 aliphatic rings. The molecule has 0 radical (unpaired) electrons. The first-order chi connectivity index (χ1) is 9.52. The van der Waals surface area contributed by atoms with Gasteiger partial charge in [-0.15, -0.1) is 0 Å². The summed E-state index contributed by atoms with van der Waals surface area (Å²) in [6.07, 6.45) is 3.18. The van der Waals surface area contributed by atoms with Crippen molar-refractivity contribution in [3.63, 3.8) is 0 Å². The van der Waals surface area contributed by atoms with Gasteiger partial charge in [0.25, 0.3) is 5.91 Å². The first-order valence-electron chi connectivity index (χ1n) is 6.00. The third-order valence-corrected chi connectivity index (χ3v) is 2.87. The van der Waals surface area contributed by atoms with Crippen molar-refractivity contribution in [3.05, 3.63) is 41.9 Å². The predicted molar refractivity (Wildman–Crippen MR) is 74.2 cm³/mol. The number of methoxy groups -OCH3 is 1. The maximum absolute atomic E-state index is 12.2. The third-order valence-electron chi connectivity index (χ3n) is 2.87. The SMILES string of the molecule is COc1cccnc1NC(=O)c1cc(C(C)=O)cn1C. The van der Waals surface area contributed by atoms with Gasteiger partial charge in [0.2, 0.25) is 0 Å². The lowest BCUT2D eigenvalue weighted by Crippen LogP contribution is -2.16. The molecule has 2 rings (SSSR count). The van der Waals surface area contributed by atoms with E-state index in [1.54, 1.807) is 42.2 Å². The number of amides is 1. The second-order valence-electron chi connectivity index (χ2n) is 4.29. The van der Waals surface area contributed by atoms with Crippen molar-refractivity contribution in [3.8, 4) is 5.75 Å². The Balaban J connectivity index is 2.26. The summed E-state index contributed by atoms with van der Waals surface area (Å²) < 4.78 is 6.72. The minimum absolute atomic E-state index is 0.0879. The number of carbonyl (C=O) groups excluding carboxylic acids is 2. The van der Waals surface area contributed by atoms with Crippen LogP contribution in [0.3, 0.4) is 0 Å². The molecule has 0 unspecified atom stereocenters. The summed E-state index contributed by atoms with van der Waals surface area (Å²) in [5.74, 6) is 0.375. The third kappa shape index (κ3) is 2.69. The second-order valence-corrected chi connectivity index (χ2v) is 4.29. The number of hydrogen-bond donors (Lipinski definition) is 1. The van der Waals surface area contributed by atoms with E-state index >= 15 is 0 Å². The number of ketones is 1. The van der Waals surface area contributed by atoms with Crippen LogP contribution in [-0.2, 0) is 7.05 Å². The van der Waals surface area contributed by atoms with Crippen molar-refractivity contribution in [1.29, 1.82) is 0 Å². The highest BCUT2D eigenvalue weighted by Gasteiger charge is 2.15. The molecule has 1 N–H and O–H groups in total. The maximum Gasteiger partial charge on any atom is 0.273 e. The smallest absolute Gasteiger partial charge is 0.273 e. The van der Waals surface area contributed by atoms with Gasteiger partial charge >= 0.3 is 0 Å². The van der Waals surface area contributed by atoms with Gasteiger partial charge in [-0.25, -0.2) is 4.98 Å². The van der Waals surface area contributed by atoms with Crippen molar-refractivity contribution >= 4 is 17.5 Å². The summed E-state index contributed by atoms with van der Waals surface area (Å²) in [6.45, 7) is 1.46. The van der Waals surface area contributed by atoms with E-state index in [9.17, 15) is 9.59 Å². The van der Waals surface area contributed by atoms with Gasteiger partial charge in [-0.05, 0) is 25.1 Å². The average Bonchev–Trinajstić information content (AvgIpc) is 2.82. The van der Waals surface area contributed by atoms with Crippen LogP contribution in [-0.4, -0.2) is 28.4 Å². The molecule has 2 heterocycles. The molecule has 1 amide bonds. The molecule has 6 heteroatoms. The number of rotatable bonds is 4. The fraction of sp³-hybridized carbons (Fsp3) is 0.214. The number of ether oxygens (including phenoxy) is 1. The quantitative estimate of drug-likeness (QED) is 0.863. The Morgan fingerprint density at radius 2 is 2.15 bits per heavy atom. The number of aryl methyl sites for hydroxylation is 1. The summed E-state index contributed by atoms with van der Waals surface area (Å²) in [4.78, 5) is 27.6. The van der Waals surface area contributed by atoms with Crippen LogP contribution in [0, 0.1) is 0 Å². The van der Waals surface area contributed by atoms with E-state index in [2.05, 4.69) is 10.3 Å². The van der Waals surface area contributed by atoms with E-state index in [4.69, 9.17) is 4.74 Å². The summed E-state index contributed by atoms with van der Waals surface area (Å²) in [5, 5.41) is 2.66. The predicted octanol–water partition coefficient (Wildman–Crippen LogP) is 1.88. The molecule has 104 valence electrons. The van der Waals surface area contributed by atoms with Crippen LogP contribution in [0.5, 0.6) is 5.75 Å². The highest BCUT2D eigenvalue weighted by Crippen LogP contribution is 2.21. The van der Waals surface area contributed by atoms with Gasteiger partial charge in [0, 0.05) is 25.0 Å². The van der Waals surface area contributed by atoms with Crippen LogP contribution in [0.2, 0.25) is 0 Å². The molecule has 20 heavy (non-hydrogen) atoms. The molecule has 0 aliphatic carbocycles. The number of aromatic nitrogens is 2. The molecular formula is C14H15N3O3. The van der Waals surface area contributed by atoms with Crippen molar-refractivity contribution in [2.24, 2.45) is 7.05 Å². The number of carbonyl (C=O) groups is 2. The summed E-state index contributed by atoms with van der Waals surface area (Å²) in [5.41, 5.74) is 0.869. The number of nitrogens with one attached hydrogen (secondary N) is 1. The van der Waals surface area contributed by atoms with E-state index in [1.165, 1.54) is 14.0 Å². The van der Waals surface area contributed by atoms with Gasteiger partial charge in [-0.1, -0.05) is 0 Å². The van der Waals surface area contributed by atoms with Gasteiger partial charge in [0.15, 0.2) is 17.4 Å². The van der Waals surface area contributed by atoms with E-state index in [-0.39, 0.29) is 11.7 Å². The first kappa shape index (κ1) is 13.8. The van der Waals surface area contributed by atoms with Crippen LogP contribution in [0.25, 0.3) is 0 Å². The second kappa shape index (κ2) is 5.56. The van der Waals surface area contributed by atoms with Gasteiger partial charge in [-0.3, -0.25) is 9.59 Å². The van der Waals surface area contributed by atoms with Gasteiger partial charge < -0.3 is 14.6 Å². The van der Waals surface area contributed by atoms with Gasteiger partial charge in [0.05, 0.1) is 7.11 Å². The number of hydrogen-bond acceptors (Lipinski definition) is 4.